The fourth-order valence-electron chi connectivity index (χ4n) is 6.38. The highest BCUT2D eigenvalue weighted by Gasteiger charge is 2.41. The van der Waals surface area contributed by atoms with Gasteiger partial charge in [-0.15, -0.1) is 0 Å². The summed E-state index contributed by atoms with van der Waals surface area (Å²) in [5.41, 5.74) is 8.17. The number of carbonyl (C=O) groups is 3. The molecule has 0 saturated carbocycles. The van der Waals surface area contributed by atoms with Crippen molar-refractivity contribution in [3.8, 4) is 0 Å². The molecule has 2 aliphatic heterocycles. The van der Waals surface area contributed by atoms with Crippen molar-refractivity contribution < 1.29 is 36.7 Å². The number of morpholine rings is 1. The van der Waals surface area contributed by atoms with Gasteiger partial charge in [0.25, 0.3) is 5.89 Å². The number of ether oxygens (including phenoxy) is 2. The monoisotopic (exact) mass is 751 g/mol. The Hall–Kier alpha value is -4.18. The molecule has 2 amide bonds. The van der Waals surface area contributed by atoms with Crippen molar-refractivity contribution in [2.24, 2.45) is 5.73 Å². The van der Waals surface area contributed by atoms with Gasteiger partial charge >= 0.3 is 0 Å². The van der Waals surface area contributed by atoms with E-state index in [0.29, 0.717) is 60.7 Å². The van der Waals surface area contributed by atoms with Crippen LogP contribution in [-0.4, -0.2) is 97.8 Å². The Bertz CT molecular complexity index is 1930. The third-order valence-corrected chi connectivity index (χ3v) is 11.4. The molecule has 0 aliphatic carbocycles. The number of ketones is 1. The molecule has 15 heteroatoms. The number of unbranched alkanes of at least 4 members (excludes halogenated alkanes) is 1. The Morgan fingerprint density at radius 1 is 0.981 bits per heavy atom. The van der Waals surface area contributed by atoms with Crippen molar-refractivity contribution in [2.75, 3.05) is 39.4 Å². The van der Waals surface area contributed by atoms with Gasteiger partial charge in [-0.25, -0.2) is 13.4 Å². The average Bonchev–Trinajstić information content (AvgIpc) is 3.80. The van der Waals surface area contributed by atoms with Crippen LogP contribution in [0.15, 0.2) is 82.1 Å². The second-order valence-electron chi connectivity index (χ2n) is 12.9. The number of nitrogens with one attached hydrogen (secondary N) is 1. The minimum atomic E-state index is -3.70. The molecule has 3 unspecified atom stereocenters. The maximum absolute atomic E-state index is 14.0. The molecule has 3 N–H and O–H groups in total. The van der Waals surface area contributed by atoms with Crippen molar-refractivity contribution in [1.82, 2.24) is 19.5 Å². The summed E-state index contributed by atoms with van der Waals surface area (Å²) in [5, 5.41) is 3.49. The van der Waals surface area contributed by atoms with Crippen LogP contribution in [0.3, 0.4) is 0 Å². The van der Waals surface area contributed by atoms with Crippen molar-refractivity contribution >= 4 is 50.3 Å². The minimum Gasteiger partial charge on any atom is -0.434 e. The summed E-state index contributed by atoms with van der Waals surface area (Å²) < 4.78 is 44.8. The van der Waals surface area contributed by atoms with Crippen molar-refractivity contribution in [3.63, 3.8) is 0 Å². The summed E-state index contributed by atoms with van der Waals surface area (Å²) in [7, 11) is -3.70. The maximum atomic E-state index is 14.0. The van der Waals surface area contributed by atoms with Crippen LogP contribution >= 0.6 is 11.6 Å². The van der Waals surface area contributed by atoms with Crippen LogP contribution in [0.25, 0.3) is 11.1 Å². The lowest BCUT2D eigenvalue weighted by Gasteiger charge is -2.26. The first-order chi connectivity index (χ1) is 25.1. The van der Waals surface area contributed by atoms with Gasteiger partial charge in [-0.3, -0.25) is 14.4 Å². The van der Waals surface area contributed by atoms with E-state index in [0.717, 1.165) is 5.56 Å². The number of oxazole rings is 1. The van der Waals surface area contributed by atoms with Gasteiger partial charge in [0.2, 0.25) is 27.6 Å². The normalized spacial score (nSPS) is 18.8. The van der Waals surface area contributed by atoms with E-state index in [4.69, 9.17) is 31.2 Å². The Morgan fingerprint density at radius 3 is 2.40 bits per heavy atom. The standard InChI is InChI=1S/C37H42ClN5O8S/c38-27-12-8-26(9-13-27)24-50-28-22-32(36(46)40-31(6-3-4-16-39)35(45)37-41-30-5-1-2-7-33(30)51-37)43(23-28)34(44)21-25-10-14-29(15-11-25)52(47,48)42-17-19-49-20-18-42/h1-2,5,7-15,28,31-32H,3-4,6,16-24,39H2,(H,40,46). The molecule has 0 radical (unpaired) electrons. The van der Waals surface area contributed by atoms with E-state index < -0.39 is 39.9 Å². The van der Waals surface area contributed by atoms with Crippen LogP contribution in [0.2, 0.25) is 5.02 Å². The summed E-state index contributed by atoms with van der Waals surface area (Å²) >= 11 is 6.04. The minimum absolute atomic E-state index is 0.0761. The zero-order chi connectivity index (χ0) is 36.7. The topological polar surface area (TPSA) is 174 Å². The number of amides is 2. The van der Waals surface area contributed by atoms with E-state index in [1.165, 1.54) is 21.3 Å². The molecule has 4 aromatic rings. The molecular weight excluding hydrogens is 710 g/mol. The number of rotatable bonds is 15. The predicted molar refractivity (Wildman–Crippen MR) is 193 cm³/mol. The van der Waals surface area contributed by atoms with Crippen LogP contribution in [0.5, 0.6) is 0 Å². The molecular formula is C37H42ClN5O8S. The number of benzene rings is 3. The third kappa shape index (κ3) is 9.06. The third-order valence-electron chi connectivity index (χ3n) is 9.26. The van der Waals surface area contributed by atoms with Gasteiger partial charge < -0.3 is 29.8 Å². The van der Waals surface area contributed by atoms with Crippen LogP contribution in [0, 0.1) is 0 Å². The molecule has 276 valence electrons. The highest BCUT2D eigenvalue weighted by molar-refractivity contribution is 7.89. The smallest absolute Gasteiger partial charge is 0.266 e. The SMILES string of the molecule is NCCCCC(NC(=O)C1CC(OCc2ccc(Cl)cc2)CN1C(=O)Cc1ccc(S(=O)(=O)N2CCOCC2)cc1)C(=O)c1nc2ccccc2o1. The molecule has 6 rings (SSSR count). The molecule has 3 heterocycles. The summed E-state index contributed by atoms with van der Waals surface area (Å²) in [4.78, 5) is 47.6. The number of aromatic nitrogens is 1. The molecule has 2 saturated heterocycles. The summed E-state index contributed by atoms with van der Waals surface area (Å²) in [6.45, 7) is 2.03. The molecule has 2 fully saturated rings. The van der Waals surface area contributed by atoms with Crippen molar-refractivity contribution in [3.05, 3.63) is 94.8 Å². The van der Waals surface area contributed by atoms with Crippen LogP contribution in [-0.2, 0) is 42.1 Å². The average molecular weight is 752 g/mol. The lowest BCUT2D eigenvalue weighted by molar-refractivity contribution is -0.138. The van der Waals surface area contributed by atoms with E-state index >= 15 is 0 Å². The second-order valence-corrected chi connectivity index (χ2v) is 15.3. The maximum Gasteiger partial charge on any atom is 0.266 e. The van der Waals surface area contributed by atoms with Gasteiger partial charge in [0, 0.05) is 31.1 Å². The Balaban J connectivity index is 1.18. The molecule has 3 atom stereocenters. The molecule has 0 spiro atoms. The molecule has 1 aromatic heterocycles. The van der Waals surface area contributed by atoms with Crippen LogP contribution < -0.4 is 11.1 Å². The predicted octanol–water partition coefficient (Wildman–Crippen LogP) is 3.73. The van der Waals surface area contributed by atoms with Crippen molar-refractivity contribution in [2.45, 2.75) is 61.8 Å². The molecule has 2 aliphatic rings. The van der Waals surface area contributed by atoms with Gasteiger partial charge in [0.1, 0.15) is 11.6 Å². The Kier molecular flexibility index (Phi) is 12.4. The number of halogens is 1. The van der Waals surface area contributed by atoms with Gasteiger partial charge in [0.05, 0.1) is 43.3 Å². The number of sulfonamides is 1. The lowest BCUT2D eigenvalue weighted by atomic mass is 10.0. The zero-order valence-electron chi connectivity index (χ0n) is 28.6. The van der Waals surface area contributed by atoms with E-state index in [1.807, 2.05) is 12.1 Å². The fraction of sp³-hybridized carbons (Fsp3) is 0.405. The first kappa shape index (κ1) is 37.6. The number of carbonyl (C=O) groups excluding carboxylic acids is 3. The highest BCUT2D eigenvalue weighted by atomic mass is 35.5. The Morgan fingerprint density at radius 2 is 1.69 bits per heavy atom. The molecule has 13 nitrogen and oxygen atoms in total. The second kappa shape index (κ2) is 17.1. The number of fused-ring (bicyclic) bond motifs is 1. The first-order valence-electron chi connectivity index (χ1n) is 17.3. The molecule has 3 aromatic carbocycles. The molecule has 0 bridgehead atoms. The summed E-state index contributed by atoms with van der Waals surface area (Å²) in [6.07, 6.45) is 1.18. The quantitative estimate of drug-likeness (QED) is 0.135. The van der Waals surface area contributed by atoms with E-state index in [-0.39, 0.29) is 55.8 Å². The van der Waals surface area contributed by atoms with Gasteiger partial charge in [-0.2, -0.15) is 4.31 Å². The number of nitrogens with two attached hydrogens (primary N) is 1. The number of hydrogen-bond acceptors (Lipinski definition) is 10. The fourth-order valence-corrected chi connectivity index (χ4v) is 7.92. The van der Waals surface area contributed by atoms with E-state index in [1.54, 1.807) is 48.5 Å². The van der Waals surface area contributed by atoms with Crippen LogP contribution in [0.1, 0.15) is 47.5 Å². The van der Waals surface area contributed by atoms with Gasteiger partial charge in [-0.05, 0) is 73.3 Å². The Labute approximate surface area is 307 Å². The largest absolute Gasteiger partial charge is 0.434 e. The van der Waals surface area contributed by atoms with Crippen LogP contribution in [0.4, 0.5) is 0 Å². The van der Waals surface area contributed by atoms with E-state index in [2.05, 4.69) is 10.3 Å². The number of hydrogen-bond donors (Lipinski definition) is 2. The summed E-state index contributed by atoms with van der Waals surface area (Å²) in [5.74, 6) is -1.42. The number of nitrogens with zero attached hydrogens (tertiary/aromatic N) is 3. The lowest BCUT2D eigenvalue weighted by Crippen LogP contribution is -2.51. The highest BCUT2D eigenvalue weighted by Crippen LogP contribution is 2.26. The number of para-hydroxylation sites is 2. The first-order valence-corrected chi connectivity index (χ1v) is 19.2. The molecule has 52 heavy (non-hydrogen) atoms. The number of Topliss-reactive ketones (excluding diaryl/α,β-unsaturated/α-hetero) is 1. The van der Waals surface area contributed by atoms with Crippen molar-refractivity contribution in [1.29, 1.82) is 0 Å². The van der Waals surface area contributed by atoms with Gasteiger partial charge in [-0.1, -0.05) is 48.0 Å². The number of likely N-dealkylation sites (tertiary alicyclic amines) is 1. The van der Waals surface area contributed by atoms with Gasteiger partial charge in [0.15, 0.2) is 5.58 Å². The van der Waals surface area contributed by atoms with E-state index in [9.17, 15) is 22.8 Å². The zero-order valence-corrected chi connectivity index (χ0v) is 30.2. The summed E-state index contributed by atoms with van der Waals surface area (Å²) in [6, 6.07) is 18.5.